The molecule has 3 amide bonds. The molecule has 142 valence electrons. The Morgan fingerprint density at radius 3 is 2.71 bits per heavy atom. The second-order valence-electron chi connectivity index (χ2n) is 7.07. The van der Waals surface area contributed by atoms with Gasteiger partial charge in [-0.2, -0.15) is 0 Å². The Bertz CT molecular complexity index is 989. The molecule has 1 aromatic carbocycles. The van der Waals surface area contributed by atoms with E-state index < -0.39 is 5.92 Å². The van der Waals surface area contributed by atoms with Crippen LogP contribution < -0.4 is 10.2 Å². The third kappa shape index (κ3) is 3.43. The average Bonchev–Trinajstić information content (AvgIpc) is 3.04. The average molecular weight is 379 g/mol. The molecule has 6 nitrogen and oxygen atoms in total. The number of halogens is 1. The van der Waals surface area contributed by atoms with Crippen molar-refractivity contribution >= 4 is 29.1 Å². The maximum Gasteiger partial charge on any atom is 0.251 e. The number of allylic oxidation sites excluding steroid dienone is 3. The molecule has 3 aliphatic rings. The normalized spacial score (nSPS) is 25.4. The van der Waals surface area contributed by atoms with Gasteiger partial charge in [-0.1, -0.05) is 11.6 Å². The van der Waals surface area contributed by atoms with Gasteiger partial charge in [0.25, 0.3) is 5.91 Å². The number of benzene rings is 1. The first-order valence-electron chi connectivity index (χ1n) is 8.98. The second kappa shape index (κ2) is 6.99. The standard InChI is InChI=1S/C21H18FN3O3/c1-12-8-19(26)24-18-10-15(4-7-17(12)18)23-21(28)13-9-20(27)25(11-13)16-5-2-14(22)3-6-16/h2-8,10,13,17H,9,11H2,1H3,(H,24,26). The topological polar surface area (TPSA) is 78.8 Å². The van der Waals surface area contributed by atoms with Crippen LogP contribution in [0.15, 0.2) is 64.8 Å². The molecule has 7 heteroatoms. The summed E-state index contributed by atoms with van der Waals surface area (Å²) in [5, 5.41) is 2.77. The van der Waals surface area contributed by atoms with Gasteiger partial charge in [-0.3, -0.25) is 14.4 Å². The number of anilines is 1. The van der Waals surface area contributed by atoms with E-state index in [-0.39, 0.29) is 42.4 Å². The molecule has 1 saturated heterocycles. The van der Waals surface area contributed by atoms with Crippen molar-refractivity contribution in [2.75, 3.05) is 11.4 Å². The van der Waals surface area contributed by atoms with Crippen LogP contribution in [0.3, 0.4) is 0 Å². The van der Waals surface area contributed by atoms with Crippen LogP contribution in [0.4, 0.5) is 10.1 Å². The smallest absolute Gasteiger partial charge is 0.251 e. The Morgan fingerprint density at radius 2 is 1.96 bits per heavy atom. The van der Waals surface area contributed by atoms with Crippen LogP contribution in [0.25, 0.3) is 0 Å². The minimum Gasteiger partial charge on any atom is -0.325 e. The summed E-state index contributed by atoms with van der Waals surface area (Å²) in [7, 11) is 0. The Labute approximate surface area is 161 Å². The van der Waals surface area contributed by atoms with Crippen LogP contribution in [-0.2, 0) is 14.4 Å². The van der Waals surface area contributed by atoms with Gasteiger partial charge in [-0.25, -0.2) is 9.38 Å². The van der Waals surface area contributed by atoms with Gasteiger partial charge in [-0.15, -0.1) is 0 Å². The summed E-state index contributed by atoms with van der Waals surface area (Å²) in [6, 6.07) is 5.59. The number of nitrogens with one attached hydrogen (secondary N) is 1. The highest BCUT2D eigenvalue weighted by Gasteiger charge is 2.35. The van der Waals surface area contributed by atoms with Gasteiger partial charge in [0.2, 0.25) is 11.8 Å². The number of fused-ring (bicyclic) bond motifs is 1. The first kappa shape index (κ1) is 18.0. The van der Waals surface area contributed by atoms with Gasteiger partial charge in [0.15, 0.2) is 0 Å². The quantitative estimate of drug-likeness (QED) is 0.856. The van der Waals surface area contributed by atoms with Crippen molar-refractivity contribution in [2.24, 2.45) is 16.8 Å². The molecule has 4 rings (SSSR count). The Hall–Kier alpha value is -3.35. The van der Waals surface area contributed by atoms with E-state index in [9.17, 15) is 18.8 Å². The monoisotopic (exact) mass is 379 g/mol. The Morgan fingerprint density at radius 1 is 1.21 bits per heavy atom. The molecule has 1 N–H and O–H groups in total. The van der Waals surface area contributed by atoms with E-state index >= 15 is 0 Å². The molecule has 0 saturated carbocycles. The first-order chi connectivity index (χ1) is 13.4. The van der Waals surface area contributed by atoms with E-state index in [1.165, 1.54) is 29.2 Å². The number of hydrogen-bond acceptors (Lipinski definition) is 3. The molecule has 0 spiro atoms. The van der Waals surface area contributed by atoms with Crippen molar-refractivity contribution in [1.29, 1.82) is 0 Å². The summed E-state index contributed by atoms with van der Waals surface area (Å²) in [6.45, 7) is 2.09. The summed E-state index contributed by atoms with van der Waals surface area (Å²) < 4.78 is 13.1. The second-order valence-corrected chi connectivity index (χ2v) is 7.07. The molecular weight excluding hydrogens is 361 g/mol. The van der Waals surface area contributed by atoms with Crippen LogP contribution in [0.5, 0.6) is 0 Å². The van der Waals surface area contributed by atoms with Crippen LogP contribution in [0, 0.1) is 17.7 Å². The highest BCUT2D eigenvalue weighted by atomic mass is 19.1. The van der Waals surface area contributed by atoms with Gasteiger partial charge in [0.1, 0.15) is 5.82 Å². The summed E-state index contributed by atoms with van der Waals surface area (Å²) in [5.74, 6) is -1.74. The van der Waals surface area contributed by atoms with Crippen molar-refractivity contribution in [3.8, 4) is 0 Å². The van der Waals surface area contributed by atoms with E-state index in [2.05, 4.69) is 10.3 Å². The Balaban J connectivity index is 1.49. The predicted molar refractivity (Wildman–Crippen MR) is 102 cm³/mol. The fourth-order valence-corrected chi connectivity index (χ4v) is 3.61. The highest BCUT2D eigenvalue weighted by molar-refractivity contribution is 6.12. The maximum atomic E-state index is 13.1. The first-order valence-corrected chi connectivity index (χ1v) is 8.98. The number of aliphatic imine (C=N–C) groups is 1. The molecule has 2 atom stereocenters. The van der Waals surface area contributed by atoms with E-state index in [4.69, 9.17) is 0 Å². The van der Waals surface area contributed by atoms with Crippen molar-refractivity contribution < 1.29 is 18.8 Å². The highest BCUT2D eigenvalue weighted by Crippen LogP contribution is 2.28. The third-order valence-electron chi connectivity index (χ3n) is 5.07. The van der Waals surface area contributed by atoms with E-state index in [1.54, 1.807) is 18.2 Å². The van der Waals surface area contributed by atoms with Crippen LogP contribution in [-0.4, -0.2) is 30.0 Å². The fraction of sp³-hybridized carbons (Fsp3) is 0.238. The van der Waals surface area contributed by atoms with Crippen molar-refractivity contribution in [3.63, 3.8) is 0 Å². The number of carbonyl (C=O) groups is 3. The van der Waals surface area contributed by atoms with Gasteiger partial charge < -0.3 is 10.2 Å². The summed E-state index contributed by atoms with van der Waals surface area (Å²) in [4.78, 5) is 42.2. The molecule has 2 aliphatic heterocycles. The number of hydrogen-bond donors (Lipinski definition) is 1. The summed E-state index contributed by atoms with van der Waals surface area (Å²) >= 11 is 0. The molecular formula is C21H18FN3O3. The van der Waals surface area contributed by atoms with Crippen LogP contribution >= 0.6 is 0 Å². The molecule has 0 aromatic heterocycles. The van der Waals surface area contributed by atoms with Crippen LogP contribution in [0.2, 0.25) is 0 Å². The summed E-state index contributed by atoms with van der Waals surface area (Å²) in [6.07, 6.45) is 6.93. The van der Waals surface area contributed by atoms with Gasteiger partial charge in [0, 0.05) is 36.3 Å². The van der Waals surface area contributed by atoms with Crippen LogP contribution in [0.1, 0.15) is 13.3 Å². The zero-order valence-corrected chi connectivity index (χ0v) is 15.2. The lowest BCUT2D eigenvalue weighted by atomic mass is 9.89. The zero-order valence-electron chi connectivity index (χ0n) is 15.2. The Kier molecular flexibility index (Phi) is 4.50. The third-order valence-corrected chi connectivity index (χ3v) is 5.07. The molecule has 1 fully saturated rings. The van der Waals surface area contributed by atoms with Crippen molar-refractivity contribution in [3.05, 3.63) is 65.7 Å². The number of carbonyl (C=O) groups excluding carboxylic acids is 3. The lowest BCUT2D eigenvalue weighted by molar-refractivity contribution is -0.123. The van der Waals surface area contributed by atoms with Gasteiger partial charge >= 0.3 is 0 Å². The molecule has 2 heterocycles. The molecule has 0 bridgehead atoms. The predicted octanol–water partition coefficient (Wildman–Crippen LogP) is 2.29. The van der Waals surface area contributed by atoms with E-state index in [0.717, 1.165) is 5.57 Å². The van der Waals surface area contributed by atoms with Crippen molar-refractivity contribution in [2.45, 2.75) is 13.3 Å². The summed E-state index contributed by atoms with van der Waals surface area (Å²) in [5.41, 5.74) is 2.62. The largest absolute Gasteiger partial charge is 0.325 e. The van der Waals surface area contributed by atoms with E-state index in [1.807, 2.05) is 13.0 Å². The number of nitrogens with zero attached hydrogens (tertiary/aromatic N) is 2. The minimum atomic E-state index is -0.558. The van der Waals surface area contributed by atoms with Gasteiger partial charge in [-0.05, 0) is 43.3 Å². The van der Waals surface area contributed by atoms with E-state index in [0.29, 0.717) is 17.1 Å². The number of rotatable bonds is 2. The minimum absolute atomic E-state index is 0.0196. The fourth-order valence-electron chi connectivity index (χ4n) is 3.61. The lowest BCUT2D eigenvalue weighted by Gasteiger charge is -2.25. The molecule has 28 heavy (non-hydrogen) atoms. The SMILES string of the molecule is CC1=CC(=O)NC2=CC(=NC(=O)C3CC(=O)N(c4ccc(F)cc4)C3)C=CC12. The molecule has 0 radical (unpaired) electrons. The lowest BCUT2D eigenvalue weighted by Crippen LogP contribution is -2.32. The zero-order chi connectivity index (χ0) is 19.8. The van der Waals surface area contributed by atoms with Crippen molar-refractivity contribution in [1.82, 2.24) is 5.32 Å². The van der Waals surface area contributed by atoms with Gasteiger partial charge in [0.05, 0.1) is 11.6 Å². The maximum absolute atomic E-state index is 13.1. The molecule has 2 unspecified atom stereocenters. The molecule has 1 aliphatic carbocycles. The number of amides is 3. The molecule has 1 aromatic rings.